The van der Waals surface area contributed by atoms with Crippen LogP contribution in [0.2, 0.25) is 0 Å². The standard InChI is InChI=1S/C15H22F2N2O2/c16-15(17)12-21-8-5-18-11-13-1-3-14(4-2-13)19-6-9-20-10-7-19/h1-4,15,18H,5-12H2. The third-order valence-electron chi connectivity index (χ3n) is 3.31. The molecule has 0 unspecified atom stereocenters. The minimum atomic E-state index is -2.39. The van der Waals surface area contributed by atoms with E-state index in [2.05, 4.69) is 34.5 Å². The van der Waals surface area contributed by atoms with Gasteiger partial charge in [0.05, 0.1) is 19.8 Å². The van der Waals surface area contributed by atoms with Gasteiger partial charge in [-0.05, 0) is 17.7 Å². The number of ether oxygens (including phenoxy) is 2. The number of hydrogen-bond acceptors (Lipinski definition) is 4. The van der Waals surface area contributed by atoms with Crippen LogP contribution in [0.25, 0.3) is 0 Å². The van der Waals surface area contributed by atoms with Crippen molar-refractivity contribution in [3.8, 4) is 0 Å². The van der Waals surface area contributed by atoms with Gasteiger partial charge in [-0.15, -0.1) is 0 Å². The zero-order chi connectivity index (χ0) is 14.9. The summed E-state index contributed by atoms with van der Waals surface area (Å²) in [6.07, 6.45) is -2.39. The number of halogens is 2. The fourth-order valence-electron chi connectivity index (χ4n) is 2.20. The molecule has 1 N–H and O–H groups in total. The summed E-state index contributed by atoms with van der Waals surface area (Å²) in [7, 11) is 0. The molecule has 1 aliphatic heterocycles. The van der Waals surface area contributed by atoms with E-state index in [9.17, 15) is 8.78 Å². The predicted molar refractivity (Wildman–Crippen MR) is 78.0 cm³/mol. The van der Waals surface area contributed by atoms with E-state index in [4.69, 9.17) is 9.47 Å². The Morgan fingerprint density at radius 3 is 2.57 bits per heavy atom. The second-order valence-corrected chi connectivity index (χ2v) is 4.91. The molecule has 0 amide bonds. The second kappa shape index (κ2) is 8.92. The van der Waals surface area contributed by atoms with Gasteiger partial charge in [-0.25, -0.2) is 8.78 Å². The van der Waals surface area contributed by atoms with Crippen LogP contribution in [-0.4, -0.2) is 52.5 Å². The van der Waals surface area contributed by atoms with Crippen molar-refractivity contribution in [1.82, 2.24) is 5.32 Å². The van der Waals surface area contributed by atoms with Crippen molar-refractivity contribution in [1.29, 1.82) is 0 Å². The molecule has 118 valence electrons. The van der Waals surface area contributed by atoms with Crippen LogP contribution in [0.15, 0.2) is 24.3 Å². The first-order chi connectivity index (χ1) is 10.3. The first-order valence-electron chi connectivity index (χ1n) is 7.24. The van der Waals surface area contributed by atoms with Crippen molar-refractivity contribution in [2.45, 2.75) is 13.0 Å². The van der Waals surface area contributed by atoms with E-state index >= 15 is 0 Å². The lowest BCUT2D eigenvalue weighted by molar-refractivity contribution is 0.0187. The Morgan fingerprint density at radius 2 is 1.90 bits per heavy atom. The van der Waals surface area contributed by atoms with E-state index in [0.717, 1.165) is 26.3 Å². The maximum absolute atomic E-state index is 11.8. The third-order valence-corrected chi connectivity index (χ3v) is 3.31. The molecular formula is C15H22F2N2O2. The smallest absolute Gasteiger partial charge is 0.261 e. The fraction of sp³-hybridized carbons (Fsp3) is 0.600. The van der Waals surface area contributed by atoms with Gasteiger partial charge in [-0.1, -0.05) is 12.1 Å². The average molecular weight is 300 g/mol. The molecule has 1 aromatic carbocycles. The van der Waals surface area contributed by atoms with Gasteiger partial charge in [0.15, 0.2) is 0 Å². The minimum Gasteiger partial charge on any atom is -0.378 e. The Labute approximate surface area is 124 Å². The first kappa shape index (κ1) is 16.1. The quantitative estimate of drug-likeness (QED) is 0.744. The molecule has 0 bridgehead atoms. The molecular weight excluding hydrogens is 278 g/mol. The third kappa shape index (κ3) is 5.95. The predicted octanol–water partition coefficient (Wildman–Crippen LogP) is 1.89. The summed E-state index contributed by atoms with van der Waals surface area (Å²) in [5, 5.41) is 3.17. The van der Waals surface area contributed by atoms with Crippen molar-refractivity contribution < 1.29 is 18.3 Å². The maximum atomic E-state index is 11.8. The molecule has 21 heavy (non-hydrogen) atoms. The molecule has 1 heterocycles. The summed E-state index contributed by atoms with van der Waals surface area (Å²) < 4.78 is 33.8. The first-order valence-corrected chi connectivity index (χ1v) is 7.24. The van der Waals surface area contributed by atoms with Crippen molar-refractivity contribution in [2.24, 2.45) is 0 Å². The number of anilines is 1. The second-order valence-electron chi connectivity index (χ2n) is 4.91. The monoisotopic (exact) mass is 300 g/mol. The number of benzene rings is 1. The summed E-state index contributed by atoms with van der Waals surface area (Å²) in [6, 6.07) is 8.38. The van der Waals surface area contributed by atoms with E-state index in [-0.39, 0.29) is 0 Å². The molecule has 0 radical (unpaired) electrons. The van der Waals surface area contributed by atoms with Crippen molar-refractivity contribution in [3.05, 3.63) is 29.8 Å². The highest BCUT2D eigenvalue weighted by molar-refractivity contribution is 5.47. The molecule has 1 aliphatic rings. The molecule has 0 aliphatic carbocycles. The van der Waals surface area contributed by atoms with Gasteiger partial charge >= 0.3 is 0 Å². The molecule has 0 saturated carbocycles. The summed E-state index contributed by atoms with van der Waals surface area (Å²) in [6.45, 7) is 4.51. The number of rotatable bonds is 8. The molecule has 1 aromatic rings. The molecule has 0 aromatic heterocycles. The van der Waals surface area contributed by atoms with E-state index < -0.39 is 13.0 Å². The lowest BCUT2D eigenvalue weighted by Gasteiger charge is -2.28. The zero-order valence-corrected chi connectivity index (χ0v) is 12.1. The highest BCUT2D eigenvalue weighted by Gasteiger charge is 2.10. The Morgan fingerprint density at radius 1 is 1.19 bits per heavy atom. The fourth-order valence-corrected chi connectivity index (χ4v) is 2.20. The van der Waals surface area contributed by atoms with Gasteiger partial charge in [-0.2, -0.15) is 0 Å². The molecule has 0 atom stereocenters. The summed E-state index contributed by atoms with van der Waals surface area (Å²) in [4.78, 5) is 2.30. The van der Waals surface area contributed by atoms with E-state index in [1.807, 2.05) is 0 Å². The normalized spacial score (nSPS) is 15.7. The van der Waals surface area contributed by atoms with Crippen LogP contribution in [0, 0.1) is 0 Å². The van der Waals surface area contributed by atoms with Gasteiger partial charge in [0.1, 0.15) is 6.61 Å². The van der Waals surface area contributed by atoms with Crippen molar-refractivity contribution >= 4 is 5.69 Å². The van der Waals surface area contributed by atoms with Crippen molar-refractivity contribution in [3.63, 3.8) is 0 Å². The van der Waals surface area contributed by atoms with E-state index in [1.54, 1.807) is 0 Å². The van der Waals surface area contributed by atoms with E-state index in [0.29, 0.717) is 19.7 Å². The highest BCUT2D eigenvalue weighted by atomic mass is 19.3. The molecule has 6 heteroatoms. The van der Waals surface area contributed by atoms with Crippen LogP contribution in [0.5, 0.6) is 0 Å². The van der Waals surface area contributed by atoms with E-state index in [1.165, 1.54) is 11.3 Å². The molecule has 4 nitrogen and oxygen atoms in total. The Bertz CT molecular complexity index is 395. The Hall–Kier alpha value is -1.24. The number of alkyl halides is 2. The van der Waals surface area contributed by atoms with Crippen LogP contribution in [0.3, 0.4) is 0 Å². The van der Waals surface area contributed by atoms with Crippen LogP contribution in [0.4, 0.5) is 14.5 Å². The van der Waals surface area contributed by atoms with Crippen LogP contribution in [-0.2, 0) is 16.0 Å². The number of nitrogens with zero attached hydrogens (tertiary/aromatic N) is 1. The van der Waals surface area contributed by atoms with Gasteiger partial charge in [-0.3, -0.25) is 0 Å². The SMILES string of the molecule is FC(F)COCCNCc1ccc(N2CCOCC2)cc1. The number of nitrogens with one attached hydrogen (secondary N) is 1. The summed E-state index contributed by atoms with van der Waals surface area (Å²) in [5.74, 6) is 0. The summed E-state index contributed by atoms with van der Waals surface area (Å²) in [5.41, 5.74) is 2.38. The minimum absolute atomic E-state index is 0.302. The molecule has 1 fully saturated rings. The van der Waals surface area contributed by atoms with Gasteiger partial charge in [0.2, 0.25) is 0 Å². The van der Waals surface area contributed by atoms with Gasteiger partial charge < -0.3 is 19.7 Å². The van der Waals surface area contributed by atoms with Gasteiger partial charge in [0.25, 0.3) is 6.43 Å². The number of morpholine rings is 1. The highest BCUT2D eigenvalue weighted by Crippen LogP contribution is 2.16. The van der Waals surface area contributed by atoms with Crippen LogP contribution in [0.1, 0.15) is 5.56 Å². The lowest BCUT2D eigenvalue weighted by atomic mass is 10.2. The van der Waals surface area contributed by atoms with Crippen molar-refractivity contribution in [2.75, 3.05) is 51.0 Å². The van der Waals surface area contributed by atoms with Crippen LogP contribution < -0.4 is 10.2 Å². The Balaban J connectivity index is 1.65. The molecule has 0 spiro atoms. The Kier molecular flexibility index (Phi) is 6.85. The topological polar surface area (TPSA) is 33.7 Å². The largest absolute Gasteiger partial charge is 0.378 e. The van der Waals surface area contributed by atoms with Gasteiger partial charge in [0, 0.05) is 31.9 Å². The summed E-state index contributed by atoms with van der Waals surface area (Å²) >= 11 is 0. The molecule has 1 saturated heterocycles. The maximum Gasteiger partial charge on any atom is 0.261 e. The molecule has 2 rings (SSSR count). The average Bonchev–Trinajstić information content (AvgIpc) is 2.52. The lowest BCUT2D eigenvalue weighted by Crippen LogP contribution is -2.36. The van der Waals surface area contributed by atoms with Crippen LogP contribution >= 0.6 is 0 Å². The zero-order valence-electron chi connectivity index (χ0n) is 12.1. The number of hydrogen-bond donors (Lipinski definition) is 1.